The van der Waals surface area contributed by atoms with Gasteiger partial charge in [-0.1, -0.05) is 0 Å². The second-order valence-corrected chi connectivity index (χ2v) is 4.86. The molecule has 0 unspecified atom stereocenters. The number of amides is 1. The minimum absolute atomic E-state index is 0.255. The number of rotatable bonds is 3. The molecular formula is C12H13NO4S. The van der Waals surface area contributed by atoms with Crippen LogP contribution in [0.5, 0.6) is 5.75 Å². The standard InChI is InChI=1S/C12H13NO4S/c1-17-9-4-2-8(3-5-9)11(14)13-7-18-6-10(13)12(15)16/h2-5,10H,6-7H2,1H3,(H,15,16)/t10-/m0/s1. The summed E-state index contributed by atoms with van der Waals surface area (Å²) in [5, 5.41) is 9.03. The number of thioether (sulfide) groups is 1. The number of ether oxygens (including phenoxy) is 1. The number of methoxy groups -OCH3 is 1. The van der Waals surface area contributed by atoms with Gasteiger partial charge in [0.1, 0.15) is 11.8 Å². The predicted octanol–water partition coefficient (Wildman–Crippen LogP) is 1.29. The largest absolute Gasteiger partial charge is 0.497 e. The molecule has 0 radical (unpaired) electrons. The second-order valence-electron chi connectivity index (χ2n) is 3.86. The van der Waals surface area contributed by atoms with Crippen LogP contribution in [0, 0.1) is 0 Å². The molecule has 1 atom stereocenters. The number of aliphatic carboxylic acids is 1. The monoisotopic (exact) mass is 267 g/mol. The fourth-order valence-electron chi connectivity index (χ4n) is 1.75. The third-order valence-electron chi connectivity index (χ3n) is 2.77. The highest BCUT2D eigenvalue weighted by molar-refractivity contribution is 7.99. The van der Waals surface area contributed by atoms with Crippen molar-refractivity contribution >= 4 is 23.6 Å². The zero-order valence-electron chi connectivity index (χ0n) is 9.83. The Morgan fingerprint density at radius 2 is 2.06 bits per heavy atom. The number of nitrogens with zero attached hydrogens (tertiary/aromatic N) is 1. The number of carbonyl (C=O) groups is 2. The van der Waals surface area contributed by atoms with Gasteiger partial charge in [0.2, 0.25) is 0 Å². The summed E-state index contributed by atoms with van der Waals surface area (Å²) in [4.78, 5) is 24.6. The van der Waals surface area contributed by atoms with Gasteiger partial charge in [0.05, 0.1) is 13.0 Å². The first kappa shape index (κ1) is 12.8. The van der Waals surface area contributed by atoms with E-state index in [0.717, 1.165) is 0 Å². The Balaban J connectivity index is 2.17. The molecule has 0 bridgehead atoms. The topological polar surface area (TPSA) is 66.8 Å². The van der Waals surface area contributed by atoms with E-state index in [1.54, 1.807) is 31.4 Å². The summed E-state index contributed by atoms with van der Waals surface area (Å²) in [6, 6.07) is 5.93. The Hall–Kier alpha value is -1.69. The molecule has 0 saturated carbocycles. The van der Waals surface area contributed by atoms with Crippen LogP contribution in [-0.2, 0) is 4.79 Å². The third kappa shape index (κ3) is 2.43. The van der Waals surface area contributed by atoms with E-state index < -0.39 is 12.0 Å². The highest BCUT2D eigenvalue weighted by Gasteiger charge is 2.34. The Kier molecular flexibility index (Phi) is 3.76. The Labute approximate surface area is 109 Å². The zero-order valence-corrected chi connectivity index (χ0v) is 10.6. The summed E-state index contributed by atoms with van der Waals surface area (Å²) in [5.74, 6) is 0.313. The van der Waals surface area contributed by atoms with Crippen molar-refractivity contribution in [3.8, 4) is 5.75 Å². The van der Waals surface area contributed by atoms with Crippen molar-refractivity contribution in [3.05, 3.63) is 29.8 Å². The SMILES string of the molecule is COc1ccc(C(=O)N2CSC[C@H]2C(=O)O)cc1. The van der Waals surface area contributed by atoms with Crippen molar-refractivity contribution in [1.82, 2.24) is 4.90 Å². The third-order valence-corrected chi connectivity index (χ3v) is 3.78. The van der Waals surface area contributed by atoms with Gasteiger partial charge in [-0.2, -0.15) is 0 Å². The number of carboxylic acids is 1. The van der Waals surface area contributed by atoms with E-state index in [4.69, 9.17) is 9.84 Å². The summed E-state index contributed by atoms with van der Waals surface area (Å²) in [7, 11) is 1.55. The molecule has 2 rings (SSSR count). The van der Waals surface area contributed by atoms with Gasteiger partial charge in [0.15, 0.2) is 0 Å². The van der Waals surface area contributed by atoms with Crippen LogP contribution >= 0.6 is 11.8 Å². The van der Waals surface area contributed by atoms with Crippen molar-refractivity contribution in [2.45, 2.75) is 6.04 Å². The number of benzene rings is 1. The van der Waals surface area contributed by atoms with Gasteiger partial charge >= 0.3 is 5.97 Å². The molecule has 1 aliphatic heterocycles. The molecule has 5 nitrogen and oxygen atoms in total. The van der Waals surface area contributed by atoms with Gasteiger partial charge in [0.25, 0.3) is 5.91 Å². The van der Waals surface area contributed by atoms with Crippen molar-refractivity contribution in [3.63, 3.8) is 0 Å². The smallest absolute Gasteiger partial charge is 0.327 e. The van der Waals surface area contributed by atoms with Gasteiger partial charge in [-0.15, -0.1) is 11.8 Å². The van der Waals surface area contributed by atoms with E-state index in [1.165, 1.54) is 16.7 Å². The lowest BCUT2D eigenvalue weighted by Gasteiger charge is -2.20. The molecule has 18 heavy (non-hydrogen) atoms. The Morgan fingerprint density at radius 3 is 2.61 bits per heavy atom. The van der Waals surface area contributed by atoms with Gasteiger partial charge in [0, 0.05) is 11.3 Å². The minimum Gasteiger partial charge on any atom is -0.497 e. The molecule has 0 aromatic heterocycles. The van der Waals surface area contributed by atoms with Crippen LogP contribution < -0.4 is 4.74 Å². The first-order chi connectivity index (χ1) is 8.63. The molecule has 1 aromatic carbocycles. The summed E-state index contributed by atoms with van der Waals surface area (Å²) >= 11 is 1.45. The molecule has 1 fully saturated rings. The lowest BCUT2D eigenvalue weighted by atomic mass is 10.1. The number of hydrogen-bond acceptors (Lipinski definition) is 4. The van der Waals surface area contributed by atoms with Gasteiger partial charge in [-0.25, -0.2) is 4.79 Å². The lowest BCUT2D eigenvalue weighted by molar-refractivity contribution is -0.140. The number of carbonyl (C=O) groups excluding carboxylic acids is 1. The van der Waals surface area contributed by atoms with Crippen LogP contribution in [0.2, 0.25) is 0 Å². The molecule has 1 amide bonds. The molecule has 1 N–H and O–H groups in total. The van der Waals surface area contributed by atoms with E-state index >= 15 is 0 Å². The summed E-state index contributed by atoms with van der Waals surface area (Å²) < 4.78 is 5.01. The average molecular weight is 267 g/mol. The molecule has 1 heterocycles. The van der Waals surface area contributed by atoms with Crippen LogP contribution in [0.25, 0.3) is 0 Å². The zero-order chi connectivity index (χ0) is 13.1. The maximum absolute atomic E-state index is 12.2. The van der Waals surface area contributed by atoms with E-state index in [0.29, 0.717) is 22.9 Å². The fraction of sp³-hybridized carbons (Fsp3) is 0.333. The quantitative estimate of drug-likeness (QED) is 0.894. The van der Waals surface area contributed by atoms with Crippen molar-refractivity contribution in [2.24, 2.45) is 0 Å². The molecule has 1 aromatic rings. The maximum atomic E-state index is 12.2. The molecular weight excluding hydrogens is 254 g/mol. The predicted molar refractivity (Wildman–Crippen MR) is 67.9 cm³/mol. The summed E-state index contributed by atoms with van der Waals surface area (Å²) in [6.45, 7) is 0. The lowest BCUT2D eigenvalue weighted by Crippen LogP contribution is -2.41. The van der Waals surface area contributed by atoms with Crippen molar-refractivity contribution < 1.29 is 19.4 Å². The summed E-state index contributed by atoms with van der Waals surface area (Å²) in [6.07, 6.45) is 0. The molecule has 6 heteroatoms. The molecule has 0 spiro atoms. The second kappa shape index (κ2) is 5.30. The number of carboxylic acid groups (broad SMARTS) is 1. The maximum Gasteiger partial charge on any atom is 0.327 e. The normalized spacial score (nSPS) is 18.7. The van der Waals surface area contributed by atoms with Crippen molar-refractivity contribution in [1.29, 1.82) is 0 Å². The highest BCUT2D eigenvalue weighted by Crippen LogP contribution is 2.24. The van der Waals surface area contributed by atoms with Crippen molar-refractivity contribution in [2.75, 3.05) is 18.7 Å². The molecule has 96 valence electrons. The van der Waals surface area contributed by atoms with Crippen LogP contribution in [0.3, 0.4) is 0 Å². The first-order valence-electron chi connectivity index (χ1n) is 5.39. The average Bonchev–Trinajstić information content (AvgIpc) is 2.87. The first-order valence-corrected chi connectivity index (χ1v) is 6.54. The molecule has 1 aliphatic rings. The molecule has 1 saturated heterocycles. The van der Waals surface area contributed by atoms with E-state index in [-0.39, 0.29) is 5.91 Å². The van der Waals surface area contributed by atoms with Gasteiger partial charge in [-0.05, 0) is 24.3 Å². The van der Waals surface area contributed by atoms with Crippen LogP contribution in [-0.4, -0.2) is 46.7 Å². The minimum atomic E-state index is -0.957. The Morgan fingerprint density at radius 1 is 1.39 bits per heavy atom. The van der Waals surface area contributed by atoms with Gasteiger partial charge in [-0.3, -0.25) is 4.79 Å². The van der Waals surface area contributed by atoms with E-state index in [9.17, 15) is 9.59 Å². The number of hydrogen-bond donors (Lipinski definition) is 1. The van der Waals surface area contributed by atoms with Gasteiger partial charge < -0.3 is 14.7 Å². The fourth-order valence-corrected chi connectivity index (χ4v) is 2.89. The summed E-state index contributed by atoms with van der Waals surface area (Å²) in [5.41, 5.74) is 0.476. The highest BCUT2D eigenvalue weighted by atomic mass is 32.2. The van der Waals surface area contributed by atoms with Crippen LogP contribution in [0.15, 0.2) is 24.3 Å². The van der Waals surface area contributed by atoms with Crippen LogP contribution in [0.4, 0.5) is 0 Å². The molecule has 0 aliphatic carbocycles. The Bertz CT molecular complexity index is 460. The van der Waals surface area contributed by atoms with Crippen LogP contribution in [0.1, 0.15) is 10.4 Å². The van der Waals surface area contributed by atoms with E-state index in [2.05, 4.69) is 0 Å². The van der Waals surface area contributed by atoms with E-state index in [1.807, 2.05) is 0 Å².